The molecule has 0 aliphatic heterocycles. The van der Waals surface area contributed by atoms with Crippen LogP contribution in [0.1, 0.15) is 11.1 Å². The van der Waals surface area contributed by atoms with Crippen LogP contribution in [0.3, 0.4) is 0 Å². The third-order valence-electron chi connectivity index (χ3n) is 3.40. The van der Waals surface area contributed by atoms with Gasteiger partial charge in [-0.05, 0) is 23.3 Å². The first-order valence-electron chi connectivity index (χ1n) is 6.97. The molecule has 12 nitrogen and oxygen atoms in total. The Bertz CT molecular complexity index is 1130. The summed E-state index contributed by atoms with van der Waals surface area (Å²) in [4.78, 5) is 17.8. The van der Waals surface area contributed by atoms with Gasteiger partial charge < -0.3 is 9.11 Å². The maximum atomic E-state index is 11.4. The Morgan fingerprint density at radius 2 is 1.00 bits per heavy atom. The standard InChI is InChI=1S/C14H10N2O10S2.Na/c17-15(18)11-5-3-9(13(7-11)27(21,22)23)1-2-10-4-6-12(16(19)20)8-14(10)28(24,25)26;/h1-8H,(H,21,22,23)(H,24,25,26);/q;+1/p-2/b2-1+;. The Hall–Kier alpha value is -2.20. The SMILES string of the molecule is O=[N+]([O-])c1ccc(/C=C/c2ccc([N+](=O)[O-])cc2S(=O)(=O)[O-])c(S(=O)(=O)[O-])c1.[Na+]. The summed E-state index contributed by atoms with van der Waals surface area (Å²) in [5.41, 5.74) is -1.95. The van der Waals surface area contributed by atoms with Crippen molar-refractivity contribution in [1.29, 1.82) is 0 Å². The van der Waals surface area contributed by atoms with Gasteiger partial charge in [-0.15, -0.1) is 0 Å². The van der Waals surface area contributed by atoms with Crippen molar-refractivity contribution >= 4 is 43.8 Å². The van der Waals surface area contributed by atoms with E-state index in [1.807, 2.05) is 0 Å². The van der Waals surface area contributed by atoms with Gasteiger partial charge in [-0.1, -0.05) is 12.2 Å². The normalized spacial score (nSPS) is 11.8. The van der Waals surface area contributed by atoms with Crippen LogP contribution in [0, 0.1) is 20.2 Å². The maximum absolute atomic E-state index is 11.4. The first kappa shape index (κ1) is 24.8. The molecule has 0 atom stereocenters. The van der Waals surface area contributed by atoms with Crippen molar-refractivity contribution in [3.8, 4) is 0 Å². The molecule has 0 aliphatic rings. The predicted octanol–water partition coefficient (Wildman–Crippen LogP) is -1.51. The second-order valence-electron chi connectivity index (χ2n) is 5.20. The van der Waals surface area contributed by atoms with E-state index in [9.17, 15) is 46.2 Å². The summed E-state index contributed by atoms with van der Waals surface area (Å²) < 4.78 is 68.1. The van der Waals surface area contributed by atoms with Gasteiger partial charge in [0, 0.05) is 24.3 Å². The molecular formula is C14H8N2NaO10S2-. The van der Waals surface area contributed by atoms with E-state index >= 15 is 0 Å². The molecule has 2 aromatic rings. The van der Waals surface area contributed by atoms with Crippen molar-refractivity contribution in [3.63, 3.8) is 0 Å². The number of benzene rings is 2. The van der Waals surface area contributed by atoms with Crippen molar-refractivity contribution in [3.05, 3.63) is 67.8 Å². The van der Waals surface area contributed by atoms with Crippen LogP contribution in [0.15, 0.2) is 46.2 Å². The number of hydrogen-bond donors (Lipinski definition) is 0. The minimum absolute atomic E-state index is 0. The molecule has 15 heteroatoms. The minimum Gasteiger partial charge on any atom is -0.744 e. The molecule has 0 heterocycles. The van der Waals surface area contributed by atoms with Gasteiger partial charge in [-0.2, -0.15) is 0 Å². The van der Waals surface area contributed by atoms with E-state index in [-0.39, 0.29) is 40.7 Å². The van der Waals surface area contributed by atoms with E-state index in [2.05, 4.69) is 0 Å². The Labute approximate surface area is 186 Å². The average molecular weight is 451 g/mol. The van der Waals surface area contributed by atoms with Crippen LogP contribution in [-0.2, 0) is 20.2 Å². The van der Waals surface area contributed by atoms with Gasteiger partial charge in [-0.3, -0.25) is 20.2 Å². The number of hydrogen-bond acceptors (Lipinski definition) is 10. The van der Waals surface area contributed by atoms with E-state index in [1.54, 1.807) is 0 Å². The zero-order valence-corrected chi connectivity index (χ0v) is 18.0. The molecule has 0 amide bonds. The van der Waals surface area contributed by atoms with Gasteiger partial charge in [0.2, 0.25) is 0 Å². The molecule has 148 valence electrons. The van der Waals surface area contributed by atoms with Crippen LogP contribution < -0.4 is 29.6 Å². The molecule has 0 radical (unpaired) electrons. The minimum atomic E-state index is -5.13. The number of nitro benzene ring substituents is 2. The van der Waals surface area contributed by atoms with E-state index in [4.69, 9.17) is 0 Å². The fourth-order valence-electron chi connectivity index (χ4n) is 2.16. The van der Waals surface area contributed by atoms with Crippen LogP contribution in [0.4, 0.5) is 11.4 Å². The molecule has 2 aromatic carbocycles. The number of nitro groups is 2. The van der Waals surface area contributed by atoms with Gasteiger partial charge in [0.1, 0.15) is 20.2 Å². The molecule has 0 fully saturated rings. The monoisotopic (exact) mass is 451 g/mol. The first-order valence-corrected chi connectivity index (χ1v) is 9.79. The Balaban J connectivity index is 0.00000420. The number of nitrogens with zero attached hydrogens (tertiary/aromatic N) is 2. The third kappa shape index (κ3) is 6.14. The summed E-state index contributed by atoms with van der Waals surface area (Å²) >= 11 is 0. The van der Waals surface area contributed by atoms with Crippen LogP contribution in [-0.4, -0.2) is 35.8 Å². The van der Waals surface area contributed by atoms with Crippen LogP contribution >= 0.6 is 0 Å². The van der Waals surface area contributed by atoms with Gasteiger partial charge in [-0.25, -0.2) is 16.8 Å². The number of rotatable bonds is 6. The van der Waals surface area contributed by atoms with Crippen molar-refractivity contribution < 1.29 is 65.3 Å². The van der Waals surface area contributed by atoms with E-state index < -0.39 is 51.2 Å². The predicted molar refractivity (Wildman–Crippen MR) is 91.0 cm³/mol. The Morgan fingerprint density at radius 1 is 0.690 bits per heavy atom. The molecule has 29 heavy (non-hydrogen) atoms. The molecule has 0 aromatic heterocycles. The summed E-state index contributed by atoms with van der Waals surface area (Å²) in [5, 5.41) is 21.5. The fourth-order valence-corrected chi connectivity index (χ4v) is 3.54. The molecule has 0 aliphatic carbocycles. The quantitative estimate of drug-likeness (QED) is 0.163. The molecular weight excluding hydrogens is 443 g/mol. The zero-order valence-electron chi connectivity index (χ0n) is 14.4. The summed E-state index contributed by atoms with van der Waals surface area (Å²) in [6, 6.07) is 4.77. The Kier molecular flexibility index (Phi) is 7.78. The number of non-ortho nitro benzene ring substituents is 2. The Morgan fingerprint density at radius 3 is 1.24 bits per heavy atom. The van der Waals surface area contributed by atoms with Crippen molar-refractivity contribution in [2.45, 2.75) is 9.79 Å². The topological polar surface area (TPSA) is 201 Å². The zero-order chi connectivity index (χ0) is 21.3. The van der Waals surface area contributed by atoms with E-state index in [0.29, 0.717) is 12.1 Å². The summed E-state index contributed by atoms with van der Waals surface area (Å²) in [7, 11) is -10.3. The van der Waals surface area contributed by atoms with Gasteiger partial charge in [0.25, 0.3) is 11.4 Å². The van der Waals surface area contributed by atoms with Crippen molar-refractivity contribution in [1.82, 2.24) is 0 Å². The van der Waals surface area contributed by atoms with E-state index in [1.165, 1.54) is 0 Å². The van der Waals surface area contributed by atoms with Crippen LogP contribution in [0.2, 0.25) is 0 Å². The smallest absolute Gasteiger partial charge is 0.744 e. The molecule has 0 bridgehead atoms. The van der Waals surface area contributed by atoms with Gasteiger partial charge >= 0.3 is 29.6 Å². The summed E-state index contributed by atoms with van der Waals surface area (Å²) in [6.45, 7) is 0. The molecule has 0 N–H and O–H groups in total. The van der Waals surface area contributed by atoms with Gasteiger partial charge in [0.05, 0.1) is 19.6 Å². The fraction of sp³-hybridized carbons (Fsp3) is 0. The van der Waals surface area contributed by atoms with E-state index in [0.717, 1.165) is 36.4 Å². The molecule has 0 unspecified atom stereocenters. The average Bonchev–Trinajstić information content (AvgIpc) is 2.57. The third-order valence-corrected chi connectivity index (χ3v) is 5.18. The maximum Gasteiger partial charge on any atom is 1.00 e. The van der Waals surface area contributed by atoms with Crippen LogP contribution in [0.5, 0.6) is 0 Å². The molecule has 0 saturated heterocycles. The molecule has 2 rings (SSSR count). The second kappa shape index (κ2) is 9.08. The summed E-state index contributed by atoms with van der Waals surface area (Å²) in [6.07, 6.45) is 1.87. The van der Waals surface area contributed by atoms with Crippen LogP contribution in [0.25, 0.3) is 12.2 Å². The largest absolute Gasteiger partial charge is 1.00 e. The van der Waals surface area contributed by atoms with Gasteiger partial charge in [0.15, 0.2) is 0 Å². The van der Waals surface area contributed by atoms with Crippen molar-refractivity contribution in [2.75, 3.05) is 0 Å². The first-order chi connectivity index (χ1) is 12.8. The molecule has 0 spiro atoms. The molecule has 0 saturated carbocycles. The second-order valence-corrected chi connectivity index (χ2v) is 7.90. The summed E-state index contributed by atoms with van der Waals surface area (Å²) in [5.74, 6) is 0. The van der Waals surface area contributed by atoms with Crippen molar-refractivity contribution in [2.24, 2.45) is 0 Å².